The van der Waals surface area contributed by atoms with Crippen LogP contribution in [0.5, 0.6) is 11.5 Å². The number of rotatable bonds is 1. The molecule has 3 aliphatic heterocycles. The molecular weight excluding hydrogens is 338 g/mol. The van der Waals surface area contributed by atoms with E-state index in [-0.39, 0.29) is 24.2 Å². The van der Waals surface area contributed by atoms with Gasteiger partial charge in [-0.1, -0.05) is 0 Å². The number of carbonyl (C=O) groups excluding carboxylic acids is 1. The van der Waals surface area contributed by atoms with Crippen LogP contribution >= 0.6 is 0 Å². The van der Waals surface area contributed by atoms with Gasteiger partial charge in [-0.2, -0.15) is 0 Å². The summed E-state index contributed by atoms with van der Waals surface area (Å²) >= 11 is 0. The third kappa shape index (κ3) is 2.14. The summed E-state index contributed by atoms with van der Waals surface area (Å²) in [5, 5.41) is 21.3. The van der Waals surface area contributed by atoms with Crippen molar-refractivity contribution in [3.05, 3.63) is 23.3 Å². The number of carbonyl (C=O) groups is 1. The molecule has 2 fully saturated rings. The molecule has 7 heteroatoms. The summed E-state index contributed by atoms with van der Waals surface area (Å²) in [6.45, 7) is 3.00. The molecule has 140 valence electrons. The number of aliphatic hydroxyl groups excluding tert-OH is 2. The summed E-state index contributed by atoms with van der Waals surface area (Å²) < 4.78 is 16.7. The minimum Gasteiger partial charge on any atom is -0.456 e. The lowest BCUT2D eigenvalue weighted by molar-refractivity contribution is -0.148. The molecule has 0 radical (unpaired) electrons. The van der Waals surface area contributed by atoms with Gasteiger partial charge in [0.15, 0.2) is 11.5 Å². The van der Waals surface area contributed by atoms with Crippen LogP contribution in [-0.2, 0) is 9.53 Å². The normalized spacial score (nSPS) is 37.7. The highest BCUT2D eigenvalue weighted by atomic mass is 16.7. The predicted molar refractivity (Wildman–Crippen MR) is 90.0 cm³/mol. The summed E-state index contributed by atoms with van der Waals surface area (Å²) in [6, 6.07) is 3.78. The Morgan fingerprint density at radius 3 is 2.73 bits per heavy atom. The molecule has 1 aromatic rings. The van der Waals surface area contributed by atoms with Gasteiger partial charge in [-0.15, -0.1) is 0 Å². The fraction of sp³-hybridized carbons (Fsp3) is 0.632. The van der Waals surface area contributed by atoms with Crippen molar-refractivity contribution in [1.82, 2.24) is 4.90 Å². The topological polar surface area (TPSA) is 88.5 Å². The second-order valence-electron chi connectivity index (χ2n) is 7.83. The smallest absolute Gasteiger partial charge is 0.303 e. The summed E-state index contributed by atoms with van der Waals surface area (Å²) in [7, 11) is 0. The van der Waals surface area contributed by atoms with E-state index in [1.165, 1.54) is 6.92 Å². The first kappa shape index (κ1) is 16.4. The quantitative estimate of drug-likeness (QED) is 0.724. The van der Waals surface area contributed by atoms with Crippen LogP contribution in [0.15, 0.2) is 12.1 Å². The first-order valence-corrected chi connectivity index (χ1v) is 9.21. The lowest BCUT2D eigenvalue weighted by atomic mass is 9.78. The molecule has 26 heavy (non-hydrogen) atoms. The second kappa shape index (κ2) is 5.58. The Kier molecular flexibility index (Phi) is 3.51. The highest BCUT2D eigenvalue weighted by molar-refractivity contribution is 5.67. The zero-order valence-electron chi connectivity index (χ0n) is 14.7. The lowest BCUT2D eigenvalue weighted by Gasteiger charge is -2.39. The van der Waals surface area contributed by atoms with Crippen LogP contribution in [0.4, 0.5) is 0 Å². The molecule has 7 nitrogen and oxygen atoms in total. The van der Waals surface area contributed by atoms with Crippen LogP contribution in [0, 0.1) is 0 Å². The Bertz CT molecular complexity index is 767. The highest BCUT2D eigenvalue weighted by Gasteiger charge is 2.60. The van der Waals surface area contributed by atoms with Gasteiger partial charge in [0, 0.05) is 30.5 Å². The number of benzene rings is 1. The number of hydrogen-bond acceptors (Lipinski definition) is 7. The molecule has 1 saturated carbocycles. The minimum absolute atomic E-state index is 0.156. The maximum absolute atomic E-state index is 11.7. The van der Waals surface area contributed by atoms with Crippen molar-refractivity contribution in [2.24, 2.45) is 0 Å². The van der Waals surface area contributed by atoms with Crippen molar-refractivity contribution < 1.29 is 29.2 Å². The van der Waals surface area contributed by atoms with Crippen molar-refractivity contribution in [1.29, 1.82) is 0 Å². The molecule has 1 aromatic carbocycles. The molecule has 1 saturated heterocycles. The zero-order valence-corrected chi connectivity index (χ0v) is 14.7. The first-order valence-electron chi connectivity index (χ1n) is 9.21. The summed E-state index contributed by atoms with van der Waals surface area (Å²) in [4.78, 5) is 14.0. The number of fused-ring (bicyclic) bond motifs is 3. The molecule has 2 N–H and O–H groups in total. The molecule has 5 rings (SSSR count). The van der Waals surface area contributed by atoms with Crippen LogP contribution in [0.2, 0.25) is 0 Å². The Morgan fingerprint density at radius 2 is 2.00 bits per heavy atom. The molecule has 0 bridgehead atoms. The van der Waals surface area contributed by atoms with Gasteiger partial charge in [0.25, 0.3) is 0 Å². The SMILES string of the molecule is CC(=O)O[C@H]1CN2CCC[C@]23C[C@@H](O)[C@@H](O)[C@@H]3c2cc3c(cc21)OCO3. The van der Waals surface area contributed by atoms with Gasteiger partial charge in [-0.3, -0.25) is 9.69 Å². The van der Waals surface area contributed by atoms with Gasteiger partial charge in [0.2, 0.25) is 6.79 Å². The van der Waals surface area contributed by atoms with Crippen molar-refractivity contribution in [2.75, 3.05) is 19.9 Å². The number of hydrogen-bond donors (Lipinski definition) is 2. The molecular formula is C19H23NO6. The molecule has 0 unspecified atom stereocenters. The maximum Gasteiger partial charge on any atom is 0.303 e. The molecule has 3 heterocycles. The molecule has 5 atom stereocenters. The van der Waals surface area contributed by atoms with Gasteiger partial charge in [0.05, 0.1) is 12.2 Å². The van der Waals surface area contributed by atoms with E-state index in [0.29, 0.717) is 24.5 Å². The van der Waals surface area contributed by atoms with E-state index in [9.17, 15) is 15.0 Å². The van der Waals surface area contributed by atoms with Crippen LogP contribution in [0.25, 0.3) is 0 Å². The standard InChI is InChI=1S/C19H23NO6/c1-10(21)26-16-8-20-4-2-3-19(20)7-13(22)18(23)17(19)12-6-15-14(5-11(12)16)24-9-25-15/h5-6,13,16-18,22-23H,2-4,7-9H2,1H3/t13-,16+,17+,18-,19-/m1/s1. The van der Waals surface area contributed by atoms with E-state index >= 15 is 0 Å². The average Bonchev–Trinajstić information content (AvgIpc) is 3.24. The number of aliphatic hydroxyl groups is 2. The number of esters is 1. The summed E-state index contributed by atoms with van der Waals surface area (Å²) in [5.41, 5.74) is 1.43. The Labute approximate surface area is 151 Å². The molecule has 1 spiro atoms. The molecule has 0 amide bonds. The van der Waals surface area contributed by atoms with E-state index in [1.54, 1.807) is 0 Å². The highest BCUT2D eigenvalue weighted by Crippen LogP contribution is 2.57. The van der Waals surface area contributed by atoms with E-state index in [0.717, 1.165) is 30.5 Å². The third-order valence-corrected chi connectivity index (χ3v) is 6.50. The van der Waals surface area contributed by atoms with Crippen molar-refractivity contribution in [2.45, 2.75) is 56.0 Å². The van der Waals surface area contributed by atoms with Gasteiger partial charge in [-0.25, -0.2) is 0 Å². The van der Waals surface area contributed by atoms with Crippen LogP contribution in [0.3, 0.4) is 0 Å². The monoisotopic (exact) mass is 361 g/mol. The van der Waals surface area contributed by atoms with E-state index < -0.39 is 18.3 Å². The van der Waals surface area contributed by atoms with Gasteiger partial charge < -0.3 is 24.4 Å². The predicted octanol–water partition coefficient (Wildman–Crippen LogP) is 1.08. The van der Waals surface area contributed by atoms with Gasteiger partial charge >= 0.3 is 5.97 Å². The fourth-order valence-corrected chi connectivity index (χ4v) is 5.56. The Hall–Kier alpha value is -1.83. The van der Waals surface area contributed by atoms with E-state index in [2.05, 4.69) is 4.90 Å². The van der Waals surface area contributed by atoms with E-state index in [4.69, 9.17) is 14.2 Å². The fourth-order valence-electron chi connectivity index (χ4n) is 5.56. The third-order valence-electron chi connectivity index (χ3n) is 6.50. The zero-order chi connectivity index (χ0) is 18.1. The molecule has 1 aliphatic carbocycles. The Morgan fingerprint density at radius 1 is 1.27 bits per heavy atom. The van der Waals surface area contributed by atoms with Gasteiger partial charge in [0.1, 0.15) is 6.10 Å². The second-order valence-corrected chi connectivity index (χ2v) is 7.83. The first-order chi connectivity index (χ1) is 12.5. The van der Waals surface area contributed by atoms with Crippen molar-refractivity contribution in [3.8, 4) is 11.5 Å². The summed E-state index contributed by atoms with van der Waals surface area (Å²) in [5.74, 6) is 0.690. The van der Waals surface area contributed by atoms with Gasteiger partial charge in [-0.05, 0) is 43.5 Å². The lowest BCUT2D eigenvalue weighted by Crippen LogP contribution is -2.47. The molecule has 0 aromatic heterocycles. The Balaban J connectivity index is 1.71. The van der Waals surface area contributed by atoms with Crippen molar-refractivity contribution in [3.63, 3.8) is 0 Å². The molecule has 4 aliphatic rings. The number of nitrogens with zero attached hydrogens (tertiary/aromatic N) is 1. The largest absolute Gasteiger partial charge is 0.456 e. The van der Waals surface area contributed by atoms with Crippen LogP contribution in [0.1, 0.15) is 49.3 Å². The van der Waals surface area contributed by atoms with Crippen molar-refractivity contribution >= 4 is 5.97 Å². The minimum atomic E-state index is -0.856. The maximum atomic E-state index is 11.7. The van der Waals surface area contributed by atoms with Crippen LogP contribution < -0.4 is 9.47 Å². The van der Waals surface area contributed by atoms with Crippen LogP contribution in [-0.4, -0.2) is 58.7 Å². The average molecular weight is 361 g/mol. The summed E-state index contributed by atoms with van der Waals surface area (Å²) in [6.07, 6.45) is 0.395. The number of ether oxygens (including phenoxy) is 3. The van der Waals surface area contributed by atoms with E-state index in [1.807, 2.05) is 12.1 Å².